The van der Waals surface area contributed by atoms with E-state index in [2.05, 4.69) is 24.1 Å². The van der Waals surface area contributed by atoms with Crippen molar-refractivity contribution in [3.63, 3.8) is 0 Å². The summed E-state index contributed by atoms with van der Waals surface area (Å²) in [6, 6.07) is 0. The fourth-order valence-corrected chi connectivity index (χ4v) is 2.83. The second-order valence-electron chi connectivity index (χ2n) is 3.98. The Morgan fingerprint density at radius 2 is 2.41 bits per heavy atom. The van der Waals surface area contributed by atoms with E-state index in [4.69, 9.17) is 0 Å². The quantitative estimate of drug-likeness (QED) is 0.776. The van der Waals surface area contributed by atoms with E-state index in [9.17, 15) is 4.79 Å². The number of thioether (sulfide) groups is 1. The Kier molecular flexibility index (Phi) is 6.58. The maximum absolute atomic E-state index is 11.5. The molecule has 1 atom stereocenters. The van der Waals surface area contributed by atoms with Crippen molar-refractivity contribution >= 4 is 29.0 Å². The van der Waals surface area contributed by atoms with Gasteiger partial charge in [-0.05, 0) is 12.7 Å². The molecule has 1 rings (SSSR count). The topological polar surface area (TPSA) is 42.0 Å². The van der Waals surface area contributed by atoms with Crippen molar-refractivity contribution in [3.8, 4) is 0 Å². The van der Waals surface area contributed by atoms with Gasteiger partial charge in [0, 0.05) is 35.7 Å². The highest BCUT2D eigenvalue weighted by Gasteiger charge is 2.10. The monoisotopic (exact) mass is 272 g/mol. The normalized spacial score (nSPS) is 12.4. The number of hydrogen-bond donors (Lipinski definition) is 1. The average molecular weight is 272 g/mol. The molecule has 0 fully saturated rings. The van der Waals surface area contributed by atoms with Crippen LogP contribution < -0.4 is 5.32 Å². The number of rotatable bonds is 7. The summed E-state index contributed by atoms with van der Waals surface area (Å²) in [6.07, 6.45) is 0.613. The summed E-state index contributed by atoms with van der Waals surface area (Å²) >= 11 is 3.46. The number of hydrogen-bond acceptors (Lipinski definition) is 4. The number of amides is 1. The molecular weight excluding hydrogens is 252 g/mol. The highest BCUT2D eigenvalue weighted by molar-refractivity contribution is 7.99. The minimum absolute atomic E-state index is 0.145. The van der Waals surface area contributed by atoms with Crippen LogP contribution in [0.5, 0.6) is 0 Å². The molecular formula is C12H20N2OS2. The van der Waals surface area contributed by atoms with Gasteiger partial charge in [-0.2, -0.15) is 11.8 Å². The lowest BCUT2D eigenvalue weighted by atomic mass is 10.2. The zero-order valence-corrected chi connectivity index (χ0v) is 12.3. The van der Waals surface area contributed by atoms with Gasteiger partial charge in [-0.25, -0.2) is 4.98 Å². The lowest BCUT2D eigenvalue weighted by molar-refractivity contribution is -0.120. The van der Waals surface area contributed by atoms with Crippen molar-refractivity contribution in [3.05, 3.63) is 16.1 Å². The molecule has 0 aromatic carbocycles. The Morgan fingerprint density at radius 3 is 3.00 bits per heavy atom. The van der Waals surface area contributed by atoms with E-state index in [0.717, 1.165) is 22.2 Å². The minimum atomic E-state index is 0.145. The first kappa shape index (κ1) is 14.5. The molecule has 0 aliphatic carbocycles. The first-order chi connectivity index (χ1) is 8.13. The maximum Gasteiger partial charge on any atom is 0.220 e. The fraction of sp³-hybridized carbons (Fsp3) is 0.667. The predicted octanol–water partition coefficient (Wildman–Crippen LogP) is 2.81. The van der Waals surface area contributed by atoms with E-state index in [-0.39, 0.29) is 5.91 Å². The van der Waals surface area contributed by atoms with Gasteiger partial charge in [-0.3, -0.25) is 4.79 Å². The second-order valence-corrected chi connectivity index (χ2v) is 6.26. The average Bonchev–Trinajstić information content (AvgIpc) is 2.73. The molecule has 0 aliphatic rings. The van der Waals surface area contributed by atoms with Crippen molar-refractivity contribution in [2.75, 3.05) is 18.1 Å². The number of carbonyl (C=O) groups is 1. The van der Waals surface area contributed by atoms with Gasteiger partial charge in [-0.15, -0.1) is 11.3 Å². The van der Waals surface area contributed by atoms with Crippen molar-refractivity contribution in [2.24, 2.45) is 0 Å². The third-order valence-corrected chi connectivity index (χ3v) is 4.44. The summed E-state index contributed by atoms with van der Waals surface area (Å²) in [4.78, 5) is 15.9. The molecule has 0 radical (unpaired) electrons. The maximum atomic E-state index is 11.5. The summed E-state index contributed by atoms with van der Waals surface area (Å²) in [7, 11) is 0. The van der Waals surface area contributed by atoms with Crippen LogP contribution in [0.25, 0.3) is 0 Å². The van der Waals surface area contributed by atoms with Crippen molar-refractivity contribution in [1.29, 1.82) is 0 Å². The zero-order valence-electron chi connectivity index (χ0n) is 10.7. The summed E-state index contributed by atoms with van der Waals surface area (Å²) in [6.45, 7) is 6.88. The summed E-state index contributed by atoms with van der Waals surface area (Å²) in [5, 5.41) is 6.11. The van der Waals surface area contributed by atoms with Crippen molar-refractivity contribution in [1.82, 2.24) is 10.3 Å². The molecule has 1 amide bonds. The first-order valence-electron chi connectivity index (χ1n) is 5.90. The highest BCUT2D eigenvalue weighted by atomic mass is 32.2. The molecule has 3 nitrogen and oxygen atoms in total. The molecule has 1 heterocycles. The minimum Gasteiger partial charge on any atom is -0.355 e. The lowest BCUT2D eigenvalue weighted by Crippen LogP contribution is -2.27. The molecule has 0 saturated heterocycles. The molecule has 1 aromatic rings. The van der Waals surface area contributed by atoms with Crippen LogP contribution in [0.15, 0.2) is 5.38 Å². The van der Waals surface area contributed by atoms with Gasteiger partial charge in [-0.1, -0.05) is 13.8 Å². The number of aromatic nitrogens is 1. The van der Waals surface area contributed by atoms with Crippen molar-refractivity contribution in [2.45, 2.75) is 33.1 Å². The molecule has 1 N–H and O–H groups in total. The third kappa shape index (κ3) is 5.55. The fourth-order valence-electron chi connectivity index (χ4n) is 1.35. The van der Waals surface area contributed by atoms with Crippen LogP contribution in [0.1, 0.15) is 36.9 Å². The summed E-state index contributed by atoms with van der Waals surface area (Å²) < 4.78 is 0. The van der Waals surface area contributed by atoms with Crippen LogP contribution in [0.4, 0.5) is 0 Å². The van der Waals surface area contributed by atoms with E-state index in [1.165, 1.54) is 0 Å². The van der Waals surface area contributed by atoms with Gasteiger partial charge in [0.25, 0.3) is 0 Å². The van der Waals surface area contributed by atoms with Gasteiger partial charge >= 0.3 is 0 Å². The van der Waals surface area contributed by atoms with Crippen LogP contribution in [-0.2, 0) is 4.79 Å². The van der Waals surface area contributed by atoms with E-state index < -0.39 is 0 Å². The highest BCUT2D eigenvalue weighted by Crippen LogP contribution is 2.18. The Labute approximate surface area is 111 Å². The molecule has 1 unspecified atom stereocenters. The molecule has 5 heteroatoms. The number of aryl methyl sites for hydroxylation is 1. The number of nitrogens with zero attached hydrogens (tertiary/aromatic N) is 1. The van der Waals surface area contributed by atoms with Gasteiger partial charge in [0.2, 0.25) is 5.91 Å². The van der Waals surface area contributed by atoms with E-state index in [1.807, 2.05) is 12.3 Å². The Balaban J connectivity index is 2.23. The first-order valence-corrected chi connectivity index (χ1v) is 7.93. The summed E-state index contributed by atoms with van der Waals surface area (Å²) in [5.41, 5.74) is 1.06. The second kappa shape index (κ2) is 7.71. The van der Waals surface area contributed by atoms with Crippen LogP contribution in [0.2, 0.25) is 0 Å². The number of carbonyl (C=O) groups excluding carboxylic acids is 1. The number of nitrogens with one attached hydrogen (secondary N) is 1. The molecule has 0 aliphatic heterocycles. The molecule has 17 heavy (non-hydrogen) atoms. The largest absolute Gasteiger partial charge is 0.355 e. The standard InChI is InChI=1S/C12H20N2OS2/c1-4-16-6-5-11(15)13-7-9(2)12-14-10(3)8-17-12/h8-9H,4-7H2,1-3H3,(H,13,15). The van der Waals surface area contributed by atoms with E-state index in [0.29, 0.717) is 18.9 Å². The van der Waals surface area contributed by atoms with Crippen LogP contribution in [0, 0.1) is 6.92 Å². The Hall–Kier alpha value is -0.550. The number of thiazole rings is 1. The lowest BCUT2D eigenvalue weighted by Gasteiger charge is -2.09. The zero-order chi connectivity index (χ0) is 12.7. The molecule has 0 spiro atoms. The molecule has 96 valence electrons. The smallest absolute Gasteiger partial charge is 0.220 e. The van der Waals surface area contributed by atoms with Gasteiger partial charge in [0.15, 0.2) is 0 Å². The van der Waals surface area contributed by atoms with Crippen LogP contribution in [-0.4, -0.2) is 28.9 Å². The Morgan fingerprint density at radius 1 is 1.65 bits per heavy atom. The van der Waals surface area contributed by atoms with E-state index >= 15 is 0 Å². The SMILES string of the molecule is CCSCCC(=O)NCC(C)c1nc(C)cs1. The Bertz CT molecular complexity index is 352. The van der Waals surface area contributed by atoms with Crippen molar-refractivity contribution < 1.29 is 4.79 Å². The van der Waals surface area contributed by atoms with Crippen LogP contribution >= 0.6 is 23.1 Å². The van der Waals surface area contributed by atoms with Gasteiger partial charge in [0.05, 0.1) is 5.01 Å². The summed E-state index contributed by atoms with van der Waals surface area (Å²) in [5.74, 6) is 2.43. The van der Waals surface area contributed by atoms with Gasteiger partial charge in [0.1, 0.15) is 0 Å². The third-order valence-electron chi connectivity index (χ3n) is 2.34. The molecule has 0 saturated carbocycles. The van der Waals surface area contributed by atoms with Crippen LogP contribution in [0.3, 0.4) is 0 Å². The van der Waals surface area contributed by atoms with Gasteiger partial charge < -0.3 is 5.32 Å². The molecule has 1 aromatic heterocycles. The predicted molar refractivity (Wildman–Crippen MR) is 75.9 cm³/mol. The molecule has 0 bridgehead atoms. The van der Waals surface area contributed by atoms with E-state index in [1.54, 1.807) is 23.1 Å².